The number of anilines is 2. The molecule has 2 heterocycles. The third-order valence-electron chi connectivity index (χ3n) is 2.61. The van der Waals surface area contributed by atoms with Crippen LogP contribution in [0.4, 0.5) is 16.3 Å². The van der Waals surface area contributed by atoms with E-state index in [-0.39, 0.29) is 0 Å². The van der Waals surface area contributed by atoms with Gasteiger partial charge in [-0.05, 0) is 44.5 Å². The Morgan fingerprint density at radius 3 is 2.64 bits per heavy atom. The highest BCUT2D eigenvalue weighted by Gasteiger charge is 2.16. The largest absolute Gasteiger partial charge is 0.444 e. The molecule has 6 nitrogen and oxygen atoms in total. The molecule has 0 bridgehead atoms. The maximum absolute atomic E-state index is 11.6. The molecule has 0 radical (unpaired) electrons. The summed E-state index contributed by atoms with van der Waals surface area (Å²) in [7, 11) is 0. The molecular formula is C16H20N4O2. The number of hydrogen-bond acceptors (Lipinski definition) is 5. The van der Waals surface area contributed by atoms with E-state index in [0.717, 1.165) is 11.4 Å². The van der Waals surface area contributed by atoms with Crippen molar-refractivity contribution in [3.05, 3.63) is 48.4 Å². The van der Waals surface area contributed by atoms with Crippen LogP contribution in [0.25, 0.3) is 0 Å². The van der Waals surface area contributed by atoms with Crippen molar-refractivity contribution in [3.63, 3.8) is 0 Å². The Labute approximate surface area is 129 Å². The van der Waals surface area contributed by atoms with E-state index in [0.29, 0.717) is 12.2 Å². The molecule has 0 atom stereocenters. The van der Waals surface area contributed by atoms with Gasteiger partial charge >= 0.3 is 6.09 Å². The average molecular weight is 300 g/mol. The second-order valence-electron chi connectivity index (χ2n) is 5.77. The first-order valence-electron chi connectivity index (χ1n) is 7.01. The van der Waals surface area contributed by atoms with Gasteiger partial charge in [-0.15, -0.1) is 0 Å². The Kier molecular flexibility index (Phi) is 4.93. The van der Waals surface area contributed by atoms with Crippen LogP contribution >= 0.6 is 0 Å². The average Bonchev–Trinajstić information content (AvgIpc) is 2.45. The SMILES string of the molecule is CC(C)(C)OC(=O)Nc1ccc(NCc2cccnc2)nc1. The lowest BCUT2D eigenvalue weighted by Crippen LogP contribution is -2.27. The molecule has 2 aromatic rings. The first-order valence-corrected chi connectivity index (χ1v) is 7.01. The Morgan fingerprint density at radius 1 is 1.23 bits per heavy atom. The Bertz CT molecular complexity index is 606. The van der Waals surface area contributed by atoms with E-state index in [9.17, 15) is 4.79 Å². The highest BCUT2D eigenvalue weighted by molar-refractivity contribution is 5.84. The van der Waals surface area contributed by atoms with Crippen molar-refractivity contribution in [2.24, 2.45) is 0 Å². The molecule has 2 aromatic heterocycles. The van der Waals surface area contributed by atoms with Crippen LogP contribution in [-0.2, 0) is 11.3 Å². The minimum Gasteiger partial charge on any atom is -0.444 e. The van der Waals surface area contributed by atoms with Crippen molar-refractivity contribution in [3.8, 4) is 0 Å². The van der Waals surface area contributed by atoms with Gasteiger partial charge in [0, 0.05) is 18.9 Å². The predicted molar refractivity (Wildman–Crippen MR) is 85.7 cm³/mol. The Hall–Kier alpha value is -2.63. The molecule has 2 N–H and O–H groups in total. The molecular weight excluding hydrogens is 280 g/mol. The van der Waals surface area contributed by atoms with Crippen molar-refractivity contribution >= 4 is 17.6 Å². The van der Waals surface area contributed by atoms with Gasteiger partial charge in [-0.2, -0.15) is 0 Å². The first-order chi connectivity index (χ1) is 10.4. The second kappa shape index (κ2) is 6.89. The Morgan fingerprint density at radius 2 is 2.05 bits per heavy atom. The number of carbonyl (C=O) groups is 1. The van der Waals surface area contributed by atoms with Crippen LogP contribution in [0.2, 0.25) is 0 Å². The molecule has 0 saturated carbocycles. The zero-order valence-electron chi connectivity index (χ0n) is 13.0. The maximum atomic E-state index is 11.6. The summed E-state index contributed by atoms with van der Waals surface area (Å²) in [4.78, 5) is 19.9. The van der Waals surface area contributed by atoms with Crippen molar-refractivity contribution in [2.45, 2.75) is 32.9 Å². The number of rotatable bonds is 4. The fourth-order valence-corrected chi connectivity index (χ4v) is 1.69. The minimum atomic E-state index is -0.525. The topological polar surface area (TPSA) is 76.1 Å². The van der Waals surface area contributed by atoms with Crippen LogP contribution in [0.1, 0.15) is 26.3 Å². The number of nitrogens with zero attached hydrogens (tertiary/aromatic N) is 2. The molecule has 2 rings (SSSR count). The fourth-order valence-electron chi connectivity index (χ4n) is 1.69. The third kappa shape index (κ3) is 5.40. The summed E-state index contributed by atoms with van der Waals surface area (Å²) in [5.41, 5.74) is 1.13. The molecule has 1 amide bonds. The molecule has 0 fully saturated rings. The first kappa shape index (κ1) is 15.8. The summed E-state index contributed by atoms with van der Waals surface area (Å²) < 4.78 is 5.18. The summed E-state index contributed by atoms with van der Waals surface area (Å²) in [6, 6.07) is 7.43. The van der Waals surface area contributed by atoms with Crippen LogP contribution in [0, 0.1) is 0 Å². The lowest BCUT2D eigenvalue weighted by atomic mass is 10.2. The van der Waals surface area contributed by atoms with Gasteiger partial charge in [0.15, 0.2) is 0 Å². The quantitative estimate of drug-likeness (QED) is 0.904. The van der Waals surface area contributed by atoms with Gasteiger partial charge in [0.05, 0.1) is 11.9 Å². The number of amides is 1. The van der Waals surface area contributed by atoms with Gasteiger partial charge < -0.3 is 10.1 Å². The lowest BCUT2D eigenvalue weighted by Gasteiger charge is -2.19. The van der Waals surface area contributed by atoms with E-state index in [1.807, 2.05) is 32.9 Å². The second-order valence-corrected chi connectivity index (χ2v) is 5.77. The van der Waals surface area contributed by atoms with Gasteiger partial charge in [-0.1, -0.05) is 6.07 Å². The van der Waals surface area contributed by atoms with Gasteiger partial charge in [-0.3, -0.25) is 10.3 Å². The van der Waals surface area contributed by atoms with E-state index >= 15 is 0 Å². The monoisotopic (exact) mass is 300 g/mol. The van der Waals surface area contributed by atoms with Crippen LogP contribution in [-0.4, -0.2) is 21.7 Å². The van der Waals surface area contributed by atoms with E-state index < -0.39 is 11.7 Å². The molecule has 6 heteroatoms. The molecule has 0 aliphatic carbocycles. The normalized spacial score (nSPS) is 10.9. The van der Waals surface area contributed by atoms with Crippen LogP contribution in [0.3, 0.4) is 0 Å². The number of carbonyl (C=O) groups excluding carboxylic acids is 1. The molecule has 22 heavy (non-hydrogen) atoms. The molecule has 0 spiro atoms. The zero-order chi connectivity index (χ0) is 16.0. The lowest BCUT2D eigenvalue weighted by molar-refractivity contribution is 0.0636. The standard InChI is InChI=1S/C16H20N4O2/c1-16(2,3)22-15(21)20-13-6-7-14(19-11-13)18-10-12-5-4-8-17-9-12/h4-9,11H,10H2,1-3H3,(H,18,19)(H,20,21). The third-order valence-corrected chi connectivity index (χ3v) is 2.61. The number of aromatic nitrogens is 2. The summed E-state index contributed by atoms with van der Waals surface area (Å²) >= 11 is 0. The number of nitrogens with one attached hydrogen (secondary N) is 2. The maximum Gasteiger partial charge on any atom is 0.412 e. The van der Waals surface area contributed by atoms with Crippen molar-refractivity contribution < 1.29 is 9.53 Å². The Balaban J connectivity index is 1.86. The number of pyridine rings is 2. The summed E-state index contributed by atoms with van der Waals surface area (Å²) in [6.07, 6.45) is 4.62. The van der Waals surface area contributed by atoms with Crippen LogP contribution < -0.4 is 10.6 Å². The predicted octanol–water partition coefficient (Wildman–Crippen LogP) is 3.44. The van der Waals surface area contributed by atoms with Crippen LogP contribution in [0.5, 0.6) is 0 Å². The minimum absolute atomic E-state index is 0.495. The zero-order valence-corrected chi connectivity index (χ0v) is 13.0. The molecule has 116 valence electrons. The highest BCUT2D eigenvalue weighted by atomic mass is 16.6. The highest BCUT2D eigenvalue weighted by Crippen LogP contribution is 2.13. The van der Waals surface area contributed by atoms with Crippen molar-refractivity contribution in [2.75, 3.05) is 10.6 Å². The van der Waals surface area contributed by atoms with E-state index in [2.05, 4.69) is 20.6 Å². The molecule has 0 aliphatic rings. The molecule has 0 aromatic carbocycles. The summed E-state index contributed by atoms with van der Waals surface area (Å²) in [5, 5.41) is 5.82. The molecule has 0 saturated heterocycles. The molecule has 0 unspecified atom stereocenters. The summed E-state index contributed by atoms with van der Waals surface area (Å²) in [5.74, 6) is 0.721. The summed E-state index contributed by atoms with van der Waals surface area (Å²) in [6.45, 7) is 6.09. The van der Waals surface area contributed by atoms with E-state index in [1.165, 1.54) is 0 Å². The smallest absolute Gasteiger partial charge is 0.412 e. The van der Waals surface area contributed by atoms with Gasteiger partial charge in [0.1, 0.15) is 11.4 Å². The number of ether oxygens (including phenoxy) is 1. The fraction of sp³-hybridized carbons (Fsp3) is 0.312. The van der Waals surface area contributed by atoms with Crippen molar-refractivity contribution in [1.29, 1.82) is 0 Å². The van der Waals surface area contributed by atoms with E-state index in [1.54, 1.807) is 30.7 Å². The van der Waals surface area contributed by atoms with Gasteiger partial charge in [0.25, 0.3) is 0 Å². The van der Waals surface area contributed by atoms with Gasteiger partial charge in [-0.25, -0.2) is 9.78 Å². The number of hydrogen-bond donors (Lipinski definition) is 2. The van der Waals surface area contributed by atoms with Gasteiger partial charge in [0.2, 0.25) is 0 Å². The van der Waals surface area contributed by atoms with E-state index in [4.69, 9.17) is 4.74 Å². The van der Waals surface area contributed by atoms with Crippen molar-refractivity contribution in [1.82, 2.24) is 9.97 Å². The van der Waals surface area contributed by atoms with Crippen LogP contribution in [0.15, 0.2) is 42.9 Å². The molecule has 0 aliphatic heterocycles.